The number of carbonyl (C=O) groups excluding carboxylic acids is 2. The summed E-state index contributed by atoms with van der Waals surface area (Å²) in [6, 6.07) is 14.7. The number of hydrogen-bond acceptors (Lipinski definition) is 2. The van der Waals surface area contributed by atoms with E-state index in [0.717, 1.165) is 10.0 Å². The van der Waals surface area contributed by atoms with Gasteiger partial charge in [-0.2, -0.15) is 0 Å². The van der Waals surface area contributed by atoms with E-state index in [-0.39, 0.29) is 11.8 Å². The van der Waals surface area contributed by atoms with E-state index in [1.165, 1.54) is 0 Å². The first-order valence-corrected chi connectivity index (χ1v) is 8.03. The molecule has 0 atom stereocenters. The molecule has 120 valence electrons. The number of aryl methyl sites for hydroxylation is 1. The molecular weight excluding hydrogens is 356 g/mol. The normalized spacial score (nSPS) is 11.0. The quantitative estimate of drug-likeness (QED) is 0.780. The van der Waals surface area contributed by atoms with Crippen molar-refractivity contribution in [1.29, 1.82) is 0 Å². The molecule has 2 amide bonds. The summed E-state index contributed by atoms with van der Waals surface area (Å²) in [6.07, 6.45) is 0. The Kier molecular flexibility index (Phi) is 5.21. The van der Waals surface area contributed by atoms with E-state index in [9.17, 15) is 9.59 Å². The number of halogens is 1. The lowest BCUT2D eigenvalue weighted by molar-refractivity contribution is -0.135. The number of nitrogens with one attached hydrogen (secondary N) is 2. The molecule has 0 aliphatic rings. The molecule has 0 bridgehead atoms. The Hall–Kier alpha value is -2.14. The average Bonchev–Trinajstić information content (AvgIpc) is 2.49. The minimum absolute atomic E-state index is 0.349. The first kappa shape index (κ1) is 17.2. The fourth-order valence-corrected chi connectivity index (χ4v) is 2.20. The van der Waals surface area contributed by atoms with Gasteiger partial charge in [0.25, 0.3) is 0 Å². The van der Waals surface area contributed by atoms with Gasteiger partial charge in [0.15, 0.2) is 0 Å². The van der Waals surface area contributed by atoms with Gasteiger partial charge < -0.3 is 10.6 Å². The van der Waals surface area contributed by atoms with Gasteiger partial charge in [0.05, 0.1) is 0 Å². The topological polar surface area (TPSA) is 58.2 Å². The molecule has 0 saturated carbocycles. The van der Waals surface area contributed by atoms with Gasteiger partial charge in [-0.15, -0.1) is 0 Å². The second-order valence-corrected chi connectivity index (χ2v) is 6.83. The van der Waals surface area contributed by atoms with E-state index >= 15 is 0 Å². The van der Waals surface area contributed by atoms with Crippen LogP contribution in [0.2, 0.25) is 0 Å². The molecule has 0 aliphatic carbocycles. The Morgan fingerprint density at radius 2 is 1.48 bits per heavy atom. The van der Waals surface area contributed by atoms with Crippen molar-refractivity contribution in [2.24, 2.45) is 5.41 Å². The molecule has 0 aromatic heterocycles. The van der Waals surface area contributed by atoms with Crippen LogP contribution in [-0.2, 0) is 9.59 Å². The van der Waals surface area contributed by atoms with Crippen LogP contribution in [0.4, 0.5) is 11.4 Å². The van der Waals surface area contributed by atoms with Gasteiger partial charge in [0.2, 0.25) is 11.8 Å². The molecular formula is C18H19BrN2O2. The van der Waals surface area contributed by atoms with Gasteiger partial charge in [0.1, 0.15) is 5.41 Å². The molecule has 5 heteroatoms. The van der Waals surface area contributed by atoms with Crippen LogP contribution in [0.25, 0.3) is 0 Å². The van der Waals surface area contributed by atoms with Crippen molar-refractivity contribution < 1.29 is 9.59 Å². The molecule has 2 aromatic carbocycles. The summed E-state index contributed by atoms with van der Waals surface area (Å²) in [6.45, 7) is 5.15. The predicted molar refractivity (Wildman–Crippen MR) is 96.4 cm³/mol. The van der Waals surface area contributed by atoms with Crippen molar-refractivity contribution in [1.82, 2.24) is 0 Å². The van der Waals surface area contributed by atoms with Crippen molar-refractivity contribution in [3.05, 3.63) is 58.6 Å². The van der Waals surface area contributed by atoms with Gasteiger partial charge >= 0.3 is 0 Å². The molecule has 0 radical (unpaired) electrons. The Bertz CT molecular complexity index is 724. The van der Waals surface area contributed by atoms with E-state index in [4.69, 9.17) is 0 Å². The number of anilines is 2. The van der Waals surface area contributed by atoms with Crippen LogP contribution in [-0.4, -0.2) is 11.8 Å². The Morgan fingerprint density at radius 3 is 2.04 bits per heavy atom. The maximum atomic E-state index is 12.5. The summed E-state index contributed by atoms with van der Waals surface area (Å²) in [7, 11) is 0. The second-order valence-electron chi connectivity index (χ2n) is 5.91. The third-order valence-corrected chi connectivity index (χ3v) is 4.04. The first-order chi connectivity index (χ1) is 10.8. The molecule has 0 fully saturated rings. The number of amides is 2. The molecule has 23 heavy (non-hydrogen) atoms. The largest absolute Gasteiger partial charge is 0.325 e. The lowest BCUT2D eigenvalue weighted by Gasteiger charge is -2.23. The van der Waals surface area contributed by atoms with Crippen molar-refractivity contribution >= 4 is 39.1 Å². The molecule has 0 aliphatic heterocycles. The van der Waals surface area contributed by atoms with Gasteiger partial charge in [-0.1, -0.05) is 28.1 Å². The van der Waals surface area contributed by atoms with Gasteiger partial charge in [-0.05, 0) is 62.7 Å². The monoisotopic (exact) mass is 374 g/mol. The summed E-state index contributed by atoms with van der Waals surface area (Å²) in [4.78, 5) is 24.9. The van der Waals surface area contributed by atoms with E-state index in [1.54, 1.807) is 32.0 Å². The molecule has 2 N–H and O–H groups in total. The second kappa shape index (κ2) is 6.96. The Morgan fingerprint density at radius 1 is 0.913 bits per heavy atom. The Labute approximate surface area is 144 Å². The maximum absolute atomic E-state index is 12.5. The van der Waals surface area contributed by atoms with Crippen molar-refractivity contribution in [3.8, 4) is 0 Å². The zero-order valence-corrected chi connectivity index (χ0v) is 14.9. The number of hydrogen-bond donors (Lipinski definition) is 2. The zero-order valence-electron chi connectivity index (χ0n) is 13.3. The highest BCUT2D eigenvalue weighted by Gasteiger charge is 2.36. The van der Waals surface area contributed by atoms with Crippen molar-refractivity contribution in [3.63, 3.8) is 0 Å². The molecule has 0 spiro atoms. The highest BCUT2D eigenvalue weighted by molar-refractivity contribution is 9.10. The SMILES string of the molecule is Cc1cccc(NC(=O)C(C)(C)C(=O)Nc2ccc(Br)cc2)c1. The van der Waals surface area contributed by atoms with Crippen LogP contribution in [0.1, 0.15) is 19.4 Å². The van der Waals surface area contributed by atoms with Crippen LogP contribution >= 0.6 is 15.9 Å². The average molecular weight is 375 g/mol. The molecule has 0 saturated heterocycles. The number of rotatable bonds is 4. The van der Waals surface area contributed by atoms with E-state index in [0.29, 0.717) is 11.4 Å². The van der Waals surface area contributed by atoms with E-state index in [1.807, 2.05) is 37.3 Å². The van der Waals surface area contributed by atoms with E-state index < -0.39 is 5.41 Å². The fourth-order valence-electron chi connectivity index (χ4n) is 1.93. The first-order valence-electron chi connectivity index (χ1n) is 7.24. The molecule has 2 rings (SSSR count). The van der Waals surface area contributed by atoms with Crippen LogP contribution in [0.15, 0.2) is 53.0 Å². The van der Waals surface area contributed by atoms with Gasteiger partial charge in [-0.3, -0.25) is 9.59 Å². The standard InChI is InChI=1S/C18H19BrN2O2/c1-12-5-4-6-15(11-12)21-17(23)18(2,3)16(22)20-14-9-7-13(19)8-10-14/h4-11H,1-3H3,(H,20,22)(H,21,23). The predicted octanol–water partition coefficient (Wildman–Crippen LogP) is 4.36. The lowest BCUT2D eigenvalue weighted by Crippen LogP contribution is -2.41. The van der Waals surface area contributed by atoms with Gasteiger partial charge in [0, 0.05) is 15.8 Å². The third-order valence-electron chi connectivity index (χ3n) is 3.51. The van der Waals surface area contributed by atoms with E-state index in [2.05, 4.69) is 26.6 Å². The molecule has 4 nitrogen and oxygen atoms in total. The van der Waals surface area contributed by atoms with Crippen LogP contribution in [0.5, 0.6) is 0 Å². The highest BCUT2D eigenvalue weighted by Crippen LogP contribution is 2.22. The molecule has 2 aromatic rings. The van der Waals surface area contributed by atoms with Crippen LogP contribution in [0.3, 0.4) is 0 Å². The summed E-state index contributed by atoms with van der Waals surface area (Å²) in [5.41, 5.74) is 1.17. The number of carbonyl (C=O) groups is 2. The summed E-state index contributed by atoms with van der Waals surface area (Å²) < 4.78 is 0.923. The number of benzene rings is 2. The Balaban J connectivity index is 2.08. The van der Waals surface area contributed by atoms with Crippen molar-refractivity contribution in [2.45, 2.75) is 20.8 Å². The summed E-state index contributed by atoms with van der Waals surface area (Å²) >= 11 is 3.34. The highest BCUT2D eigenvalue weighted by atomic mass is 79.9. The minimum atomic E-state index is -1.20. The zero-order chi connectivity index (χ0) is 17.0. The van der Waals surface area contributed by atoms with Crippen LogP contribution < -0.4 is 10.6 Å². The maximum Gasteiger partial charge on any atom is 0.239 e. The lowest BCUT2D eigenvalue weighted by atomic mass is 9.90. The third kappa shape index (κ3) is 4.42. The van der Waals surface area contributed by atoms with Gasteiger partial charge in [-0.25, -0.2) is 0 Å². The molecule has 0 heterocycles. The smallest absolute Gasteiger partial charge is 0.239 e. The minimum Gasteiger partial charge on any atom is -0.325 e. The van der Waals surface area contributed by atoms with Crippen molar-refractivity contribution in [2.75, 3.05) is 10.6 Å². The fraction of sp³-hybridized carbons (Fsp3) is 0.222. The summed E-state index contributed by atoms with van der Waals surface area (Å²) in [5.74, 6) is -0.706. The molecule has 0 unspecified atom stereocenters. The van der Waals surface area contributed by atoms with Crippen LogP contribution in [0, 0.1) is 12.3 Å². The summed E-state index contributed by atoms with van der Waals surface area (Å²) in [5, 5.41) is 5.56.